The predicted octanol–water partition coefficient (Wildman–Crippen LogP) is 0.517. The van der Waals surface area contributed by atoms with E-state index in [0.29, 0.717) is 11.8 Å². The Labute approximate surface area is 71.7 Å². The van der Waals surface area contributed by atoms with Crippen molar-refractivity contribution in [3.8, 4) is 0 Å². The summed E-state index contributed by atoms with van der Waals surface area (Å²) in [5, 5.41) is 9.74. The first kappa shape index (κ1) is 7.30. The summed E-state index contributed by atoms with van der Waals surface area (Å²) in [4.78, 5) is 0. The van der Waals surface area contributed by atoms with Gasteiger partial charge in [0.2, 0.25) is 0 Å². The van der Waals surface area contributed by atoms with Crippen LogP contribution in [0.2, 0.25) is 0 Å². The van der Waals surface area contributed by atoms with E-state index in [1.165, 1.54) is 0 Å². The molecule has 3 aliphatic rings. The van der Waals surface area contributed by atoms with Crippen LogP contribution in [0.5, 0.6) is 0 Å². The SMILES string of the molecule is CC1(C)O[C@@H]2[C@H]3C[C@H]3[C@H](O)[C@@H]2O1. The zero-order chi connectivity index (χ0) is 8.51. The van der Waals surface area contributed by atoms with Crippen molar-refractivity contribution in [2.45, 2.75) is 44.4 Å². The molecule has 0 unspecified atom stereocenters. The highest BCUT2D eigenvalue weighted by Crippen LogP contribution is 2.57. The third-order valence-corrected chi connectivity index (χ3v) is 3.25. The van der Waals surface area contributed by atoms with Gasteiger partial charge in [-0.1, -0.05) is 0 Å². The molecule has 0 aromatic heterocycles. The van der Waals surface area contributed by atoms with Crippen LogP contribution >= 0.6 is 0 Å². The van der Waals surface area contributed by atoms with E-state index in [0.717, 1.165) is 6.42 Å². The zero-order valence-corrected chi connectivity index (χ0v) is 7.36. The number of aliphatic hydroxyl groups is 1. The van der Waals surface area contributed by atoms with Gasteiger partial charge in [-0.2, -0.15) is 0 Å². The van der Waals surface area contributed by atoms with E-state index >= 15 is 0 Å². The molecule has 0 aromatic carbocycles. The van der Waals surface area contributed by atoms with Gasteiger partial charge in [-0.25, -0.2) is 0 Å². The fourth-order valence-corrected chi connectivity index (χ4v) is 2.66. The number of rotatable bonds is 0. The molecule has 0 amide bonds. The van der Waals surface area contributed by atoms with Gasteiger partial charge in [-0.15, -0.1) is 0 Å². The molecule has 1 heterocycles. The summed E-state index contributed by atoms with van der Waals surface area (Å²) < 4.78 is 11.3. The predicted molar refractivity (Wildman–Crippen MR) is 41.4 cm³/mol. The molecule has 12 heavy (non-hydrogen) atoms. The lowest BCUT2D eigenvalue weighted by Gasteiger charge is -2.19. The van der Waals surface area contributed by atoms with E-state index in [2.05, 4.69) is 0 Å². The molecule has 3 heteroatoms. The topological polar surface area (TPSA) is 38.7 Å². The Bertz CT molecular complexity index is 218. The Hall–Kier alpha value is -0.120. The van der Waals surface area contributed by atoms with Crippen LogP contribution < -0.4 is 0 Å². The van der Waals surface area contributed by atoms with Crippen molar-refractivity contribution >= 4 is 0 Å². The maximum atomic E-state index is 9.74. The van der Waals surface area contributed by atoms with Gasteiger partial charge in [0.25, 0.3) is 0 Å². The fraction of sp³-hybridized carbons (Fsp3) is 1.00. The van der Waals surface area contributed by atoms with E-state index < -0.39 is 5.79 Å². The number of aliphatic hydroxyl groups excluding tert-OH is 1. The first-order chi connectivity index (χ1) is 5.58. The Morgan fingerprint density at radius 2 is 1.83 bits per heavy atom. The number of ether oxygens (including phenoxy) is 2. The van der Waals surface area contributed by atoms with Crippen molar-refractivity contribution in [2.24, 2.45) is 11.8 Å². The minimum absolute atomic E-state index is 0.0521. The molecule has 1 aliphatic heterocycles. The average Bonchev–Trinajstić information content (AvgIpc) is 2.62. The van der Waals surface area contributed by atoms with Crippen molar-refractivity contribution < 1.29 is 14.6 Å². The van der Waals surface area contributed by atoms with Crippen LogP contribution in [-0.2, 0) is 9.47 Å². The van der Waals surface area contributed by atoms with Gasteiger partial charge >= 0.3 is 0 Å². The summed E-state index contributed by atoms with van der Waals surface area (Å²) >= 11 is 0. The molecule has 68 valence electrons. The fourth-order valence-electron chi connectivity index (χ4n) is 2.66. The highest BCUT2D eigenvalue weighted by molar-refractivity contribution is 5.12. The van der Waals surface area contributed by atoms with E-state index in [1.54, 1.807) is 0 Å². The van der Waals surface area contributed by atoms with E-state index in [-0.39, 0.29) is 18.3 Å². The molecule has 0 spiro atoms. The van der Waals surface area contributed by atoms with Crippen LogP contribution in [0.4, 0.5) is 0 Å². The molecule has 0 aromatic rings. The van der Waals surface area contributed by atoms with Crippen LogP contribution in [0.3, 0.4) is 0 Å². The number of hydrogen-bond donors (Lipinski definition) is 1. The summed E-state index contributed by atoms with van der Waals surface area (Å²) in [6, 6.07) is 0. The molecule has 1 saturated heterocycles. The molecule has 0 bridgehead atoms. The third kappa shape index (κ3) is 0.767. The van der Waals surface area contributed by atoms with Crippen LogP contribution in [0.15, 0.2) is 0 Å². The summed E-state index contributed by atoms with van der Waals surface area (Å²) in [5.41, 5.74) is 0. The molecular weight excluding hydrogens is 156 g/mol. The van der Waals surface area contributed by atoms with E-state index in [4.69, 9.17) is 9.47 Å². The standard InChI is InChI=1S/C9H14O3/c1-9(2)11-7-5-3-4(5)6(10)8(7)12-9/h4-8,10H,3H2,1-2H3/t4-,5+,6+,7-,8+/m1/s1. The maximum absolute atomic E-state index is 9.74. The van der Waals surface area contributed by atoms with Crippen LogP contribution in [0, 0.1) is 11.8 Å². The second kappa shape index (κ2) is 1.86. The van der Waals surface area contributed by atoms with Crippen molar-refractivity contribution in [1.29, 1.82) is 0 Å². The van der Waals surface area contributed by atoms with Gasteiger partial charge in [0, 0.05) is 0 Å². The van der Waals surface area contributed by atoms with Gasteiger partial charge in [0.05, 0.1) is 12.2 Å². The molecule has 3 rings (SSSR count). The Balaban J connectivity index is 1.86. The Morgan fingerprint density at radius 1 is 1.17 bits per heavy atom. The summed E-state index contributed by atoms with van der Waals surface area (Å²) in [5.74, 6) is 0.562. The molecule has 5 atom stereocenters. The van der Waals surface area contributed by atoms with E-state index in [1.807, 2.05) is 13.8 Å². The van der Waals surface area contributed by atoms with E-state index in [9.17, 15) is 5.11 Å². The van der Waals surface area contributed by atoms with Gasteiger partial charge < -0.3 is 14.6 Å². The molecule has 2 aliphatic carbocycles. The third-order valence-electron chi connectivity index (χ3n) is 3.25. The van der Waals surface area contributed by atoms with Crippen molar-refractivity contribution in [2.75, 3.05) is 0 Å². The van der Waals surface area contributed by atoms with Crippen LogP contribution in [0.1, 0.15) is 20.3 Å². The van der Waals surface area contributed by atoms with Gasteiger partial charge in [-0.05, 0) is 32.1 Å². The summed E-state index contributed by atoms with van der Waals surface area (Å²) in [6.45, 7) is 3.82. The second-order valence-corrected chi connectivity index (χ2v) is 4.62. The summed E-state index contributed by atoms with van der Waals surface area (Å²) in [6.07, 6.45) is 0.965. The van der Waals surface area contributed by atoms with Crippen molar-refractivity contribution in [1.82, 2.24) is 0 Å². The van der Waals surface area contributed by atoms with Crippen molar-refractivity contribution in [3.63, 3.8) is 0 Å². The van der Waals surface area contributed by atoms with Crippen molar-refractivity contribution in [3.05, 3.63) is 0 Å². The number of fused-ring (bicyclic) bond motifs is 3. The number of hydrogen-bond acceptors (Lipinski definition) is 3. The quantitative estimate of drug-likeness (QED) is 0.576. The highest BCUT2D eigenvalue weighted by Gasteiger charge is 2.65. The van der Waals surface area contributed by atoms with Gasteiger partial charge in [0.1, 0.15) is 6.10 Å². The average molecular weight is 170 g/mol. The molecule has 3 fully saturated rings. The molecular formula is C9H14O3. The first-order valence-electron chi connectivity index (χ1n) is 4.62. The highest BCUT2D eigenvalue weighted by atomic mass is 16.8. The molecule has 0 radical (unpaired) electrons. The van der Waals surface area contributed by atoms with Crippen LogP contribution in [0.25, 0.3) is 0 Å². The normalized spacial score (nSPS) is 59.8. The Morgan fingerprint density at radius 3 is 2.50 bits per heavy atom. The zero-order valence-electron chi connectivity index (χ0n) is 7.36. The minimum Gasteiger partial charge on any atom is -0.390 e. The smallest absolute Gasteiger partial charge is 0.163 e. The lowest BCUT2D eigenvalue weighted by Crippen LogP contribution is -2.31. The van der Waals surface area contributed by atoms with Gasteiger partial charge in [0.15, 0.2) is 5.79 Å². The summed E-state index contributed by atoms with van der Waals surface area (Å²) in [7, 11) is 0. The maximum Gasteiger partial charge on any atom is 0.163 e. The second-order valence-electron chi connectivity index (χ2n) is 4.62. The monoisotopic (exact) mass is 170 g/mol. The molecule has 3 nitrogen and oxygen atoms in total. The molecule has 2 saturated carbocycles. The first-order valence-corrected chi connectivity index (χ1v) is 4.62. The lowest BCUT2D eigenvalue weighted by atomic mass is 10.1. The largest absolute Gasteiger partial charge is 0.390 e. The van der Waals surface area contributed by atoms with Gasteiger partial charge in [-0.3, -0.25) is 0 Å². The minimum atomic E-state index is -0.482. The lowest BCUT2D eigenvalue weighted by molar-refractivity contribution is -0.162. The Kier molecular flexibility index (Phi) is 1.13. The van der Waals surface area contributed by atoms with Crippen LogP contribution in [-0.4, -0.2) is 29.2 Å². The molecule has 1 N–H and O–H groups in total.